The second-order valence-electron chi connectivity index (χ2n) is 8.14. The van der Waals surface area contributed by atoms with Crippen molar-refractivity contribution < 1.29 is 23.9 Å². The number of likely N-dealkylation sites (N-methyl/N-ethyl adjacent to an activating group) is 1. The molecule has 1 saturated carbocycles. The molecule has 1 aromatic rings. The number of benzene rings is 1. The number of carbonyl (C=O) groups is 3. The summed E-state index contributed by atoms with van der Waals surface area (Å²) in [5.41, 5.74) is 0.857. The van der Waals surface area contributed by atoms with Crippen LogP contribution in [0.15, 0.2) is 18.2 Å². The van der Waals surface area contributed by atoms with Gasteiger partial charge >= 0.3 is 11.9 Å². The Labute approximate surface area is 158 Å². The molecule has 1 aromatic carbocycles. The average molecular weight is 371 g/mol. The molecule has 1 heterocycles. The van der Waals surface area contributed by atoms with Gasteiger partial charge in [-0.15, -0.1) is 0 Å². The lowest BCUT2D eigenvalue weighted by molar-refractivity contribution is -0.203. The average Bonchev–Trinajstić information content (AvgIpc) is 2.58. The van der Waals surface area contributed by atoms with Crippen LogP contribution in [0.3, 0.4) is 0 Å². The molecule has 6 nitrogen and oxygen atoms in total. The Morgan fingerprint density at radius 1 is 1.19 bits per heavy atom. The Morgan fingerprint density at radius 2 is 1.96 bits per heavy atom. The smallest absolute Gasteiger partial charge is 0.308 e. The second kappa shape index (κ2) is 6.16. The lowest BCUT2D eigenvalue weighted by Gasteiger charge is -2.64. The molecule has 3 atom stereocenters. The van der Waals surface area contributed by atoms with Gasteiger partial charge in [-0.25, -0.2) is 0 Å². The number of esters is 2. The summed E-state index contributed by atoms with van der Waals surface area (Å²) in [5, 5.41) is 0. The first-order valence-electron chi connectivity index (χ1n) is 9.51. The summed E-state index contributed by atoms with van der Waals surface area (Å²) in [6, 6.07) is 5.71. The van der Waals surface area contributed by atoms with Crippen LogP contribution in [-0.4, -0.2) is 47.9 Å². The highest BCUT2D eigenvalue weighted by Gasteiger charge is 2.67. The molecule has 0 N–H and O–H groups in total. The molecule has 2 aliphatic carbocycles. The minimum atomic E-state index is -0.721. The molecule has 0 aromatic heterocycles. The van der Waals surface area contributed by atoms with Crippen molar-refractivity contribution in [2.75, 3.05) is 13.6 Å². The SMILES string of the molecule is CC(=O)Oc1ccc2c(c1)[C@]13CCN(C)[C@H](C2)[C@]1(OC(C)=O)CCC(=O)C3. The number of nitrogens with zero attached hydrogens (tertiary/aromatic N) is 1. The van der Waals surface area contributed by atoms with Gasteiger partial charge in [-0.05, 0) is 56.1 Å². The highest BCUT2D eigenvalue weighted by Crippen LogP contribution is 2.59. The molecule has 0 radical (unpaired) electrons. The number of ketones is 1. The van der Waals surface area contributed by atoms with E-state index < -0.39 is 11.0 Å². The van der Waals surface area contributed by atoms with Gasteiger partial charge in [-0.3, -0.25) is 19.3 Å². The van der Waals surface area contributed by atoms with E-state index in [0.717, 1.165) is 30.5 Å². The molecule has 4 rings (SSSR count). The van der Waals surface area contributed by atoms with Crippen LogP contribution in [0.1, 0.15) is 50.7 Å². The third-order valence-corrected chi connectivity index (χ3v) is 6.64. The second-order valence-corrected chi connectivity index (χ2v) is 8.14. The van der Waals surface area contributed by atoms with Crippen LogP contribution >= 0.6 is 0 Å². The van der Waals surface area contributed by atoms with Gasteiger partial charge in [0, 0.05) is 32.1 Å². The molecule has 0 spiro atoms. The molecule has 144 valence electrons. The zero-order valence-corrected chi connectivity index (χ0v) is 16.0. The number of hydrogen-bond acceptors (Lipinski definition) is 6. The van der Waals surface area contributed by atoms with Gasteiger partial charge in [0.2, 0.25) is 0 Å². The molecule has 3 aliphatic rings. The van der Waals surface area contributed by atoms with E-state index in [4.69, 9.17) is 9.47 Å². The fourth-order valence-corrected chi connectivity index (χ4v) is 5.67. The van der Waals surface area contributed by atoms with E-state index in [0.29, 0.717) is 25.0 Å². The van der Waals surface area contributed by atoms with Crippen molar-refractivity contribution in [2.24, 2.45) is 0 Å². The van der Waals surface area contributed by atoms with Gasteiger partial charge in [-0.1, -0.05) is 6.07 Å². The summed E-state index contributed by atoms with van der Waals surface area (Å²) < 4.78 is 11.4. The maximum absolute atomic E-state index is 12.6. The van der Waals surface area contributed by atoms with E-state index in [1.807, 2.05) is 12.1 Å². The van der Waals surface area contributed by atoms with Gasteiger partial charge < -0.3 is 9.47 Å². The van der Waals surface area contributed by atoms with E-state index in [9.17, 15) is 14.4 Å². The Balaban J connectivity index is 1.93. The van der Waals surface area contributed by atoms with Gasteiger partial charge in [0.05, 0.1) is 6.04 Å². The lowest BCUT2D eigenvalue weighted by atomic mass is 9.49. The van der Waals surface area contributed by atoms with Gasteiger partial charge in [0.1, 0.15) is 17.1 Å². The molecule has 0 unspecified atom stereocenters. The van der Waals surface area contributed by atoms with E-state index in [-0.39, 0.29) is 23.8 Å². The number of fused-ring (bicyclic) bond motifs is 1. The fourth-order valence-electron chi connectivity index (χ4n) is 5.67. The molecule has 1 aliphatic heterocycles. The van der Waals surface area contributed by atoms with E-state index >= 15 is 0 Å². The van der Waals surface area contributed by atoms with E-state index in [2.05, 4.69) is 11.9 Å². The van der Waals surface area contributed by atoms with Crippen molar-refractivity contribution in [2.45, 2.75) is 63.0 Å². The molecule has 1 saturated heterocycles. The number of carbonyl (C=O) groups excluding carboxylic acids is 3. The zero-order chi connectivity index (χ0) is 19.4. The molecule has 2 bridgehead atoms. The molecule has 2 fully saturated rings. The monoisotopic (exact) mass is 371 g/mol. The van der Waals surface area contributed by atoms with Crippen molar-refractivity contribution >= 4 is 17.7 Å². The minimum Gasteiger partial charge on any atom is -0.457 e. The summed E-state index contributed by atoms with van der Waals surface area (Å²) >= 11 is 0. The summed E-state index contributed by atoms with van der Waals surface area (Å²) in [6.45, 7) is 3.65. The number of piperidine rings is 1. The number of hydrogen-bond donors (Lipinski definition) is 0. The van der Waals surface area contributed by atoms with Crippen LogP contribution in [0.4, 0.5) is 0 Å². The Morgan fingerprint density at radius 3 is 2.67 bits per heavy atom. The normalized spacial score (nSPS) is 32.3. The van der Waals surface area contributed by atoms with Crippen molar-refractivity contribution in [3.63, 3.8) is 0 Å². The Kier molecular flexibility index (Phi) is 4.14. The summed E-state index contributed by atoms with van der Waals surface area (Å²) in [5.74, 6) is -0.0151. The molecule has 0 amide bonds. The summed E-state index contributed by atoms with van der Waals surface area (Å²) in [7, 11) is 2.06. The van der Waals surface area contributed by atoms with Crippen molar-refractivity contribution in [3.05, 3.63) is 29.3 Å². The van der Waals surface area contributed by atoms with Crippen LogP contribution in [-0.2, 0) is 31.0 Å². The van der Waals surface area contributed by atoms with E-state index in [1.165, 1.54) is 13.8 Å². The summed E-state index contributed by atoms with van der Waals surface area (Å²) in [4.78, 5) is 38.4. The summed E-state index contributed by atoms with van der Waals surface area (Å²) in [6.07, 6.45) is 2.81. The maximum Gasteiger partial charge on any atom is 0.308 e. The van der Waals surface area contributed by atoms with Gasteiger partial charge in [0.15, 0.2) is 0 Å². The zero-order valence-electron chi connectivity index (χ0n) is 16.0. The van der Waals surface area contributed by atoms with Gasteiger partial charge in [0.25, 0.3) is 0 Å². The first-order chi connectivity index (χ1) is 12.8. The Hall–Kier alpha value is -2.21. The van der Waals surface area contributed by atoms with Gasteiger partial charge in [-0.2, -0.15) is 0 Å². The lowest BCUT2D eigenvalue weighted by Crippen LogP contribution is -2.73. The van der Waals surface area contributed by atoms with Crippen LogP contribution in [0.25, 0.3) is 0 Å². The highest BCUT2D eigenvalue weighted by atomic mass is 16.6. The topological polar surface area (TPSA) is 72.9 Å². The third-order valence-electron chi connectivity index (χ3n) is 6.64. The molecule has 27 heavy (non-hydrogen) atoms. The van der Waals surface area contributed by atoms with Crippen LogP contribution in [0.2, 0.25) is 0 Å². The number of likely N-dealkylation sites (tertiary alicyclic amines) is 1. The predicted molar refractivity (Wildman–Crippen MR) is 97.5 cm³/mol. The highest BCUT2D eigenvalue weighted by molar-refractivity contribution is 5.83. The van der Waals surface area contributed by atoms with Crippen molar-refractivity contribution in [1.29, 1.82) is 0 Å². The molecule has 6 heteroatoms. The largest absolute Gasteiger partial charge is 0.457 e. The van der Waals surface area contributed by atoms with Crippen LogP contribution < -0.4 is 4.74 Å². The van der Waals surface area contributed by atoms with Crippen LogP contribution in [0, 0.1) is 0 Å². The fraction of sp³-hybridized carbons (Fsp3) is 0.571. The predicted octanol–water partition coefficient (Wildman–Crippen LogP) is 2.16. The van der Waals surface area contributed by atoms with E-state index in [1.54, 1.807) is 6.07 Å². The quantitative estimate of drug-likeness (QED) is 0.586. The van der Waals surface area contributed by atoms with Crippen molar-refractivity contribution in [3.8, 4) is 5.75 Å². The number of ether oxygens (including phenoxy) is 2. The maximum atomic E-state index is 12.6. The number of Topliss-reactive ketones (excluding diaryl/α,β-unsaturated/α-hetero) is 1. The van der Waals surface area contributed by atoms with Crippen LogP contribution in [0.5, 0.6) is 5.75 Å². The minimum absolute atomic E-state index is 0.0373. The standard InChI is InChI=1S/C21H25NO5/c1-13(23)26-17-5-4-15-10-19-21(27-14(2)24)7-6-16(25)12-20(21,18(15)11-17)8-9-22(19)3/h4-5,11,19H,6-10,12H2,1-3H3/t19-,20-,21-/m1/s1. The molecular weight excluding hydrogens is 346 g/mol. The first-order valence-corrected chi connectivity index (χ1v) is 9.51. The third kappa shape index (κ3) is 2.61. The number of rotatable bonds is 2. The first kappa shape index (κ1) is 18.2. The van der Waals surface area contributed by atoms with Crippen molar-refractivity contribution in [1.82, 2.24) is 4.90 Å². The molecular formula is C21H25NO5. The Bertz CT molecular complexity index is 834.